The lowest BCUT2D eigenvalue weighted by Gasteiger charge is -2.21. The number of hydrogen-bond donors (Lipinski definition) is 2. The molecule has 2 rings (SSSR count). The Hall–Kier alpha value is -2.69. The van der Waals surface area contributed by atoms with Crippen LogP contribution >= 0.6 is 0 Å². The van der Waals surface area contributed by atoms with Crippen LogP contribution in [-0.2, 0) is 4.79 Å². The molecule has 26 heavy (non-hydrogen) atoms. The largest absolute Gasteiger partial charge is 0.345 e. The Labute approximate surface area is 155 Å². The first kappa shape index (κ1) is 19.6. The molecule has 138 valence electrons. The van der Waals surface area contributed by atoms with Crippen molar-refractivity contribution in [3.8, 4) is 0 Å². The summed E-state index contributed by atoms with van der Waals surface area (Å²) in [6, 6.07) is 10.7. The van der Waals surface area contributed by atoms with Gasteiger partial charge in [0, 0.05) is 29.6 Å². The maximum Gasteiger partial charge on any atom is 0.251 e. The van der Waals surface area contributed by atoms with Crippen LogP contribution in [0.1, 0.15) is 56.1 Å². The molecular formula is C21H27N3O2. The second kappa shape index (κ2) is 9.13. The number of nitrogens with zero attached hydrogens (tertiary/aromatic N) is 1. The van der Waals surface area contributed by atoms with Gasteiger partial charge in [0.2, 0.25) is 5.91 Å². The third kappa shape index (κ3) is 5.69. The summed E-state index contributed by atoms with van der Waals surface area (Å²) in [5, 5.41) is 5.92. The Morgan fingerprint density at radius 1 is 1.08 bits per heavy atom. The van der Waals surface area contributed by atoms with E-state index in [-0.39, 0.29) is 23.8 Å². The van der Waals surface area contributed by atoms with Crippen molar-refractivity contribution in [3.05, 3.63) is 59.9 Å². The highest BCUT2D eigenvalue weighted by molar-refractivity contribution is 5.97. The third-order valence-electron chi connectivity index (χ3n) is 4.02. The molecule has 0 aliphatic carbocycles. The summed E-state index contributed by atoms with van der Waals surface area (Å²) < 4.78 is 0. The van der Waals surface area contributed by atoms with Gasteiger partial charge in [-0.05, 0) is 42.2 Å². The Morgan fingerprint density at radius 3 is 2.46 bits per heavy atom. The zero-order chi connectivity index (χ0) is 19.1. The van der Waals surface area contributed by atoms with Crippen molar-refractivity contribution in [2.75, 3.05) is 5.32 Å². The van der Waals surface area contributed by atoms with Crippen molar-refractivity contribution in [2.45, 2.75) is 40.2 Å². The average Bonchev–Trinajstić information content (AvgIpc) is 2.61. The van der Waals surface area contributed by atoms with Gasteiger partial charge in [0.1, 0.15) is 0 Å². The van der Waals surface area contributed by atoms with Gasteiger partial charge >= 0.3 is 0 Å². The van der Waals surface area contributed by atoms with Gasteiger partial charge in [0.25, 0.3) is 5.91 Å². The average molecular weight is 353 g/mol. The van der Waals surface area contributed by atoms with E-state index in [4.69, 9.17) is 0 Å². The topological polar surface area (TPSA) is 71.1 Å². The van der Waals surface area contributed by atoms with Crippen LogP contribution in [0.15, 0.2) is 48.8 Å². The predicted molar refractivity (Wildman–Crippen MR) is 104 cm³/mol. The summed E-state index contributed by atoms with van der Waals surface area (Å²) in [6.07, 6.45) is 4.33. The molecule has 5 heteroatoms. The smallest absolute Gasteiger partial charge is 0.251 e. The summed E-state index contributed by atoms with van der Waals surface area (Å²) in [5.41, 5.74) is 2.13. The van der Waals surface area contributed by atoms with Crippen molar-refractivity contribution >= 4 is 17.5 Å². The number of benzene rings is 1. The number of carbonyl (C=O) groups excluding carboxylic acids is 2. The van der Waals surface area contributed by atoms with Crippen LogP contribution < -0.4 is 10.6 Å². The monoisotopic (exact) mass is 353 g/mol. The van der Waals surface area contributed by atoms with Crippen LogP contribution in [0.2, 0.25) is 0 Å². The van der Waals surface area contributed by atoms with Gasteiger partial charge in [-0.2, -0.15) is 0 Å². The van der Waals surface area contributed by atoms with Gasteiger partial charge in [0.15, 0.2) is 0 Å². The maximum absolute atomic E-state index is 12.7. The van der Waals surface area contributed by atoms with Crippen LogP contribution in [0.4, 0.5) is 5.69 Å². The lowest BCUT2D eigenvalue weighted by molar-refractivity contribution is -0.118. The highest BCUT2D eigenvalue weighted by atomic mass is 16.2. The SMILES string of the molecule is CC(C)CC(NC(=O)c1cccc(NC(=O)C(C)C)c1)c1cccnc1. The van der Waals surface area contributed by atoms with Crippen molar-refractivity contribution in [3.63, 3.8) is 0 Å². The Balaban J connectivity index is 2.15. The summed E-state index contributed by atoms with van der Waals surface area (Å²) in [4.78, 5) is 28.8. The minimum atomic E-state index is -0.167. The zero-order valence-electron chi connectivity index (χ0n) is 15.8. The van der Waals surface area contributed by atoms with Gasteiger partial charge in [0.05, 0.1) is 6.04 Å². The Kier molecular flexibility index (Phi) is 6.89. The number of hydrogen-bond acceptors (Lipinski definition) is 3. The Morgan fingerprint density at radius 2 is 1.85 bits per heavy atom. The molecule has 0 aliphatic heterocycles. The van der Waals surface area contributed by atoms with Crippen LogP contribution in [-0.4, -0.2) is 16.8 Å². The number of nitrogens with one attached hydrogen (secondary N) is 2. The highest BCUT2D eigenvalue weighted by Gasteiger charge is 2.18. The molecule has 2 N–H and O–H groups in total. The molecule has 0 fully saturated rings. The molecule has 0 spiro atoms. The number of pyridine rings is 1. The first-order valence-corrected chi connectivity index (χ1v) is 8.98. The highest BCUT2D eigenvalue weighted by Crippen LogP contribution is 2.21. The molecule has 1 atom stereocenters. The molecule has 2 aromatic rings. The van der Waals surface area contributed by atoms with Crippen molar-refractivity contribution in [1.82, 2.24) is 10.3 Å². The van der Waals surface area contributed by atoms with E-state index in [1.54, 1.807) is 36.7 Å². The minimum Gasteiger partial charge on any atom is -0.345 e. The number of amides is 2. The zero-order valence-corrected chi connectivity index (χ0v) is 15.8. The first-order chi connectivity index (χ1) is 12.4. The van der Waals surface area contributed by atoms with E-state index < -0.39 is 0 Å². The normalized spacial score (nSPS) is 12.1. The van der Waals surface area contributed by atoms with Gasteiger partial charge in [-0.1, -0.05) is 39.8 Å². The van der Waals surface area contributed by atoms with E-state index in [2.05, 4.69) is 29.5 Å². The van der Waals surface area contributed by atoms with Crippen LogP contribution in [0.3, 0.4) is 0 Å². The summed E-state index contributed by atoms with van der Waals surface area (Å²) >= 11 is 0. The summed E-state index contributed by atoms with van der Waals surface area (Å²) in [5.74, 6) is 0.0707. The second-order valence-electron chi connectivity index (χ2n) is 7.17. The molecule has 1 heterocycles. The van der Waals surface area contributed by atoms with Gasteiger partial charge in [-0.15, -0.1) is 0 Å². The van der Waals surface area contributed by atoms with Crippen molar-refractivity contribution in [1.29, 1.82) is 0 Å². The molecule has 1 aromatic heterocycles. The van der Waals surface area contributed by atoms with E-state index in [1.807, 2.05) is 26.0 Å². The van der Waals surface area contributed by atoms with E-state index in [0.29, 0.717) is 17.2 Å². The first-order valence-electron chi connectivity index (χ1n) is 8.98. The van der Waals surface area contributed by atoms with Gasteiger partial charge in [-0.25, -0.2) is 0 Å². The fraction of sp³-hybridized carbons (Fsp3) is 0.381. The maximum atomic E-state index is 12.7. The van der Waals surface area contributed by atoms with Gasteiger partial charge < -0.3 is 10.6 Å². The van der Waals surface area contributed by atoms with E-state index in [1.165, 1.54) is 0 Å². The summed E-state index contributed by atoms with van der Waals surface area (Å²) in [7, 11) is 0. The molecule has 2 amide bonds. The molecular weight excluding hydrogens is 326 g/mol. The van der Waals surface area contributed by atoms with Crippen LogP contribution in [0, 0.1) is 11.8 Å². The molecule has 5 nitrogen and oxygen atoms in total. The third-order valence-corrected chi connectivity index (χ3v) is 4.02. The van der Waals surface area contributed by atoms with Crippen molar-refractivity contribution < 1.29 is 9.59 Å². The standard InChI is InChI=1S/C21H27N3O2/c1-14(2)11-19(17-8-6-10-22-13-17)24-21(26)16-7-5-9-18(12-16)23-20(25)15(3)4/h5-10,12-15,19H,11H2,1-4H3,(H,23,25)(H,24,26). The van der Waals surface area contributed by atoms with E-state index in [0.717, 1.165) is 12.0 Å². The number of aromatic nitrogens is 1. The fourth-order valence-electron chi connectivity index (χ4n) is 2.60. The molecule has 1 unspecified atom stereocenters. The minimum absolute atomic E-state index is 0.0735. The lowest BCUT2D eigenvalue weighted by Crippen LogP contribution is -2.29. The molecule has 0 aliphatic rings. The van der Waals surface area contributed by atoms with Crippen LogP contribution in [0.25, 0.3) is 0 Å². The lowest BCUT2D eigenvalue weighted by atomic mass is 9.98. The summed E-state index contributed by atoms with van der Waals surface area (Å²) in [6.45, 7) is 7.90. The number of carbonyl (C=O) groups is 2. The quantitative estimate of drug-likeness (QED) is 0.784. The molecule has 0 bridgehead atoms. The van der Waals surface area contributed by atoms with Gasteiger partial charge in [-0.3, -0.25) is 14.6 Å². The predicted octanol–water partition coefficient (Wildman–Crippen LogP) is 4.19. The molecule has 1 aromatic carbocycles. The Bertz CT molecular complexity index is 742. The van der Waals surface area contributed by atoms with E-state index in [9.17, 15) is 9.59 Å². The molecule has 0 radical (unpaired) electrons. The second-order valence-corrected chi connectivity index (χ2v) is 7.17. The van der Waals surface area contributed by atoms with E-state index >= 15 is 0 Å². The number of rotatable bonds is 7. The fourth-order valence-corrected chi connectivity index (χ4v) is 2.60. The number of anilines is 1. The van der Waals surface area contributed by atoms with Crippen molar-refractivity contribution in [2.24, 2.45) is 11.8 Å². The molecule has 0 saturated heterocycles. The molecule has 0 saturated carbocycles. The van der Waals surface area contributed by atoms with Crippen LogP contribution in [0.5, 0.6) is 0 Å².